The summed E-state index contributed by atoms with van der Waals surface area (Å²) in [7, 11) is -3.57. The van der Waals surface area contributed by atoms with Crippen molar-refractivity contribution in [1.29, 1.82) is 5.26 Å². The highest BCUT2D eigenvalue weighted by Crippen LogP contribution is 2.19. The van der Waals surface area contributed by atoms with E-state index in [1.54, 1.807) is 6.07 Å². The van der Waals surface area contributed by atoms with Crippen molar-refractivity contribution in [1.82, 2.24) is 10.0 Å². The van der Waals surface area contributed by atoms with Gasteiger partial charge >= 0.3 is 0 Å². The molecule has 0 spiro atoms. The minimum atomic E-state index is -3.57. The fourth-order valence-corrected chi connectivity index (χ4v) is 4.20. The number of piperidine rings is 1. The summed E-state index contributed by atoms with van der Waals surface area (Å²) in [6.45, 7) is 2.43. The molecule has 0 saturated carbocycles. The third-order valence-corrected chi connectivity index (χ3v) is 5.45. The van der Waals surface area contributed by atoms with Gasteiger partial charge in [0.1, 0.15) is 0 Å². The summed E-state index contributed by atoms with van der Waals surface area (Å²) in [5, 5.41) is 12.2. The van der Waals surface area contributed by atoms with Crippen LogP contribution in [0.15, 0.2) is 27.6 Å². The van der Waals surface area contributed by atoms with E-state index in [9.17, 15) is 8.42 Å². The smallest absolute Gasteiger partial charge is 0.240 e. The third-order valence-electron chi connectivity index (χ3n) is 3.55. The van der Waals surface area contributed by atoms with Crippen LogP contribution in [0.3, 0.4) is 0 Å². The molecule has 5 nitrogen and oxygen atoms in total. The Bertz CT molecular complexity index is 640. The quantitative estimate of drug-likeness (QED) is 0.784. The van der Waals surface area contributed by atoms with E-state index >= 15 is 0 Å². The SMILES string of the molecule is Cl.N#Cc1cc(Br)cc(S(=O)(=O)NCCC2CCCNC2)c1. The zero-order chi connectivity index (χ0) is 15.3. The molecule has 1 aromatic carbocycles. The van der Waals surface area contributed by atoms with Gasteiger partial charge in [-0.1, -0.05) is 15.9 Å². The number of halogens is 2. The molecule has 22 heavy (non-hydrogen) atoms. The van der Waals surface area contributed by atoms with Crippen molar-refractivity contribution in [3.05, 3.63) is 28.2 Å². The lowest BCUT2D eigenvalue weighted by molar-refractivity contribution is 0.358. The van der Waals surface area contributed by atoms with Gasteiger partial charge in [0.05, 0.1) is 16.5 Å². The van der Waals surface area contributed by atoms with Gasteiger partial charge in [-0.25, -0.2) is 13.1 Å². The number of hydrogen-bond acceptors (Lipinski definition) is 4. The predicted molar refractivity (Wildman–Crippen MR) is 91.5 cm³/mol. The minimum Gasteiger partial charge on any atom is -0.316 e. The van der Waals surface area contributed by atoms with Crippen molar-refractivity contribution >= 4 is 38.4 Å². The normalized spacial score (nSPS) is 18.3. The summed E-state index contributed by atoms with van der Waals surface area (Å²) in [6.07, 6.45) is 3.12. The van der Waals surface area contributed by atoms with Gasteiger partial charge in [-0.15, -0.1) is 12.4 Å². The maximum atomic E-state index is 12.2. The molecular formula is C14H19BrClN3O2S. The molecule has 1 fully saturated rings. The average molecular weight is 409 g/mol. The molecule has 0 amide bonds. The van der Waals surface area contributed by atoms with Crippen LogP contribution in [0, 0.1) is 17.2 Å². The first-order chi connectivity index (χ1) is 10.0. The first-order valence-electron chi connectivity index (χ1n) is 6.92. The van der Waals surface area contributed by atoms with E-state index in [2.05, 4.69) is 26.0 Å². The molecule has 0 aliphatic carbocycles. The van der Waals surface area contributed by atoms with Gasteiger partial charge in [0.2, 0.25) is 10.0 Å². The topological polar surface area (TPSA) is 82.0 Å². The van der Waals surface area contributed by atoms with E-state index in [1.165, 1.54) is 12.1 Å². The van der Waals surface area contributed by atoms with Gasteiger partial charge in [0.25, 0.3) is 0 Å². The lowest BCUT2D eigenvalue weighted by atomic mass is 9.96. The Morgan fingerprint density at radius 3 is 2.82 bits per heavy atom. The Kier molecular flexibility index (Phi) is 7.80. The van der Waals surface area contributed by atoms with E-state index in [-0.39, 0.29) is 17.3 Å². The first-order valence-corrected chi connectivity index (χ1v) is 9.20. The zero-order valence-electron chi connectivity index (χ0n) is 12.0. The number of benzene rings is 1. The second kappa shape index (κ2) is 8.85. The highest BCUT2D eigenvalue weighted by atomic mass is 79.9. The summed E-state index contributed by atoms with van der Waals surface area (Å²) in [4.78, 5) is 0.121. The van der Waals surface area contributed by atoms with Gasteiger partial charge in [-0.3, -0.25) is 0 Å². The number of nitrogens with zero attached hydrogens (tertiary/aromatic N) is 1. The van der Waals surface area contributed by atoms with Crippen LogP contribution in [-0.4, -0.2) is 28.1 Å². The van der Waals surface area contributed by atoms with Gasteiger partial charge < -0.3 is 5.32 Å². The fourth-order valence-electron chi connectivity index (χ4n) is 2.43. The van der Waals surface area contributed by atoms with E-state index in [1.807, 2.05) is 6.07 Å². The summed E-state index contributed by atoms with van der Waals surface area (Å²) >= 11 is 3.23. The molecule has 2 N–H and O–H groups in total. The van der Waals surface area contributed by atoms with E-state index in [4.69, 9.17) is 5.26 Å². The molecule has 1 aliphatic heterocycles. The highest BCUT2D eigenvalue weighted by molar-refractivity contribution is 9.10. The molecule has 1 saturated heterocycles. The summed E-state index contributed by atoms with van der Waals surface area (Å²) < 4.78 is 27.7. The van der Waals surface area contributed by atoms with Crippen LogP contribution in [0.1, 0.15) is 24.8 Å². The van der Waals surface area contributed by atoms with Crippen LogP contribution in [0.25, 0.3) is 0 Å². The highest BCUT2D eigenvalue weighted by Gasteiger charge is 2.17. The monoisotopic (exact) mass is 407 g/mol. The molecule has 1 aliphatic rings. The Labute approximate surface area is 146 Å². The van der Waals surface area contributed by atoms with Gasteiger partial charge in [0, 0.05) is 11.0 Å². The fraction of sp³-hybridized carbons (Fsp3) is 0.500. The Morgan fingerprint density at radius 2 is 2.18 bits per heavy atom. The Balaban J connectivity index is 0.00000242. The second-order valence-corrected chi connectivity index (χ2v) is 7.87. The number of nitriles is 1. The van der Waals surface area contributed by atoms with Gasteiger partial charge in [0.15, 0.2) is 0 Å². The van der Waals surface area contributed by atoms with E-state index in [0.717, 1.165) is 32.4 Å². The van der Waals surface area contributed by atoms with E-state index in [0.29, 0.717) is 22.5 Å². The first kappa shape index (κ1) is 19.4. The average Bonchev–Trinajstić information content (AvgIpc) is 2.47. The molecule has 1 atom stereocenters. The maximum Gasteiger partial charge on any atom is 0.240 e. The van der Waals surface area contributed by atoms with Crippen LogP contribution in [0.5, 0.6) is 0 Å². The number of hydrogen-bond donors (Lipinski definition) is 2. The maximum absolute atomic E-state index is 12.2. The summed E-state index contributed by atoms with van der Waals surface area (Å²) in [5.41, 5.74) is 0.321. The van der Waals surface area contributed by atoms with Gasteiger partial charge in [-0.2, -0.15) is 5.26 Å². The number of rotatable bonds is 5. The number of nitrogens with one attached hydrogen (secondary N) is 2. The zero-order valence-corrected chi connectivity index (χ0v) is 15.2. The molecule has 0 radical (unpaired) electrons. The number of sulfonamides is 1. The lowest BCUT2D eigenvalue weighted by Crippen LogP contribution is -2.33. The Hall–Kier alpha value is -0.650. The van der Waals surface area contributed by atoms with Crippen molar-refractivity contribution in [2.45, 2.75) is 24.2 Å². The molecule has 1 aromatic rings. The van der Waals surface area contributed by atoms with Crippen molar-refractivity contribution in [2.75, 3.05) is 19.6 Å². The van der Waals surface area contributed by atoms with Crippen molar-refractivity contribution < 1.29 is 8.42 Å². The van der Waals surface area contributed by atoms with Crippen LogP contribution < -0.4 is 10.0 Å². The largest absolute Gasteiger partial charge is 0.316 e. The van der Waals surface area contributed by atoms with Gasteiger partial charge in [-0.05, 0) is 56.5 Å². The molecule has 1 unspecified atom stereocenters. The molecular weight excluding hydrogens is 390 g/mol. The molecule has 1 heterocycles. The summed E-state index contributed by atoms with van der Waals surface area (Å²) in [5.74, 6) is 0.527. The predicted octanol–water partition coefficient (Wildman–Crippen LogP) is 2.41. The van der Waals surface area contributed by atoms with Crippen LogP contribution in [0.2, 0.25) is 0 Å². The Morgan fingerprint density at radius 1 is 1.41 bits per heavy atom. The van der Waals surface area contributed by atoms with Crippen LogP contribution in [-0.2, 0) is 10.0 Å². The molecule has 8 heteroatoms. The summed E-state index contributed by atoms with van der Waals surface area (Å²) in [6, 6.07) is 6.44. The third kappa shape index (κ3) is 5.52. The molecule has 0 bridgehead atoms. The lowest BCUT2D eigenvalue weighted by Gasteiger charge is -2.22. The molecule has 0 aromatic heterocycles. The standard InChI is InChI=1S/C14H18BrN3O2S.ClH/c15-13-6-12(9-16)7-14(8-13)21(19,20)18-5-3-11-2-1-4-17-10-11;/h6-8,11,17-18H,1-5,10H2;1H. The molecule has 2 rings (SSSR count). The van der Waals surface area contributed by atoms with Crippen molar-refractivity contribution in [2.24, 2.45) is 5.92 Å². The second-order valence-electron chi connectivity index (χ2n) is 5.19. The van der Waals surface area contributed by atoms with E-state index < -0.39 is 10.0 Å². The van der Waals surface area contributed by atoms with Crippen LogP contribution in [0.4, 0.5) is 0 Å². The minimum absolute atomic E-state index is 0. The van der Waals surface area contributed by atoms with Crippen LogP contribution >= 0.6 is 28.3 Å². The molecule has 122 valence electrons. The van der Waals surface area contributed by atoms with Crippen molar-refractivity contribution in [3.8, 4) is 6.07 Å². The van der Waals surface area contributed by atoms with Crippen molar-refractivity contribution in [3.63, 3.8) is 0 Å².